The van der Waals surface area contributed by atoms with Crippen LogP contribution in [0.2, 0.25) is 5.02 Å². The molecule has 0 radical (unpaired) electrons. The molecule has 8 heteroatoms. The second kappa shape index (κ2) is 7.88. The molecule has 1 aromatic rings. The van der Waals surface area contributed by atoms with E-state index in [1.54, 1.807) is 12.1 Å². The highest BCUT2D eigenvalue weighted by molar-refractivity contribution is 6.31. The lowest BCUT2D eigenvalue weighted by molar-refractivity contribution is 0.0188. The van der Waals surface area contributed by atoms with E-state index >= 15 is 0 Å². The van der Waals surface area contributed by atoms with Crippen LogP contribution < -0.4 is 16.6 Å². The third-order valence-electron chi connectivity index (χ3n) is 2.16. The third-order valence-corrected chi connectivity index (χ3v) is 2.39. The van der Waals surface area contributed by atoms with Crippen LogP contribution in [0.5, 0.6) is 0 Å². The maximum Gasteiger partial charge on any atom is 0.261 e. The SMILES string of the molecule is NNc1ccc(Cl)cc1C(=O)NCCOCC(F)F. The van der Waals surface area contributed by atoms with Crippen LogP contribution in [0.1, 0.15) is 10.4 Å². The molecule has 0 atom stereocenters. The summed E-state index contributed by atoms with van der Waals surface area (Å²) in [5, 5.41) is 2.90. The van der Waals surface area contributed by atoms with Crippen molar-refractivity contribution in [3.8, 4) is 0 Å². The molecule has 0 aliphatic heterocycles. The zero-order valence-corrected chi connectivity index (χ0v) is 10.7. The molecule has 1 aromatic carbocycles. The highest BCUT2D eigenvalue weighted by Gasteiger charge is 2.11. The fraction of sp³-hybridized carbons (Fsp3) is 0.364. The highest BCUT2D eigenvalue weighted by atomic mass is 35.5. The average Bonchev–Trinajstić information content (AvgIpc) is 2.37. The second-order valence-corrected chi connectivity index (χ2v) is 3.99. The summed E-state index contributed by atoms with van der Waals surface area (Å²) in [6.45, 7) is -0.535. The van der Waals surface area contributed by atoms with Crippen LogP contribution in [0.25, 0.3) is 0 Å². The van der Waals surface area contributed by atoms with Crippen LogP contribution in [0.3, 0.4) is 0 Å². The first-order valence-electron chi connectivity index (χ1n) is 5.45. The summed E-state index contributed by atoms with van der Waals surface area (Å²) in [6.07, 6.45) is -2.52. The Morgan fingerprint density at radius 1 is 1.47 bits per heavy atom. The van der Waals surface area contributed by atoms with Crippen molar-refractivity contribution in [1.82, 2.24) is 5.32 Å². The van der Waals surface area contributed by atoms with Gasteiger partial charge >= 0.3 is 0 Å². The average molecular weight is 294 g/mol. The number of ether oxygens (including phenoxy) is 1. The molecule has 0 unspecified atom stereocenters. The van der Waals surface area contributed by atoms with Crippen molar-refractivity contribution in [2.24, 2.45) is 5.84 Å². The van der Waals surface area contributed by atoms with Gasteiger partial charge in [0.15, 0.2) is 0 Å². The second-order valence-electron chi connectivity index (χ2n) is 3.56. The van der Waals surface area contributed by atoms with E-state index in [2.05, 4.69) is 15.5 Å². The van der Waals surface area contributed by atoms with E-state index in [9.17, 15) is 13.6 Å². The smallest absolute Gasteiger partial charge is 0.261 e. The Bertz CT molecular complexity index is 432. The minimum atomic E-state index is -2.52. The molecule has 1 amide bonds. The molecular formula is C11H14ClF2N3O2. The number of carbonyl (C=O) groups excluding carboxylic acids is 1. The van der Waals surface area contributed by atoms with Gasteiger partial charge in [0.05, 0.1) is 17.9 Å². The number of halogens is 3. The molecule has 0 aliphatic rings. The standard InChI is InChI=1S/C11H14ClF2N3O2/c12-7-1-2-9(17-15)8(5-7)11(18)16-3-4-19-6-10(13)14/h1-2,5,10,17H,3-4,6,15H2,(H,16,18). The van der Waals surface area contributed by atoms with Gasteiger partial charge < -0.3 is 15.5 Å². The quantitative estimate of drug-likeness (QED) is 0.406. The first-order chi connectivity index (χ1) is 9.04. The van der Waals surface area contributed by atoms with Crippen molar-refractivity contribution in [3.63, 3.8) is 0 Å². The van der Waals surface area contributed by atoms with Gasteiger partial charge in [-0.05, 0) is 18.2 Å². The highest BCUT2D eigenvalue weighted by Crippen LogP contribution is 2.19. The van der Waals surface area contributed by atoms with Gasteiger partial charge in [-0.25, -0.2) is 8.78 Å². The van der Waals surface area contributed by atoms with Crippen molar-refractivity contribution in [1.29, 1.82) is 0 Å². The summed E-state index contributed by atoms with van der Waals surface area (Å²) in [7, 11) is 0. The van der Waals surface area contributed by atoms with E-state index in [1.165, 1.54) is 6.07 Å². The molecule has 0 fully saturated rings. The molecule has 0 aromatic heterocycles. The molecular weight excluding hydrogens is 280 g/mol. The van der Waals surface area contributed by atoms with Gasteiger partial charge in [0.2, 0.25) is 0 Å². The normalized spacial score (nSPS) is 10.6. The Labute approximate surface area is 114 Å². The number of hydrogen-bond donors (Lipinski definition) is 3. The van der Waals surface area contributed by atoms with Gasteiger partial charge in [0, 0.05) is 11.6 Å². The molecule has 0 aliphatic carbocycles. The zero-order valence-electron chi connectivity index (χ0n) is 9.96. The lowest BCUT2D eigenvalue weighted by Crippen LogP contribution is -2.29. The minimum Gasteiger partial charge on any atom is -0.374 e. The lowest BCUT2D eigenvalue weighted by Gasteiger charge is -2.10. The molecule has 19 heavy (non-hydrogen) atoms. The number of alkyl halides is 2. The van der Waals surface area contributed by atoms with Crippen molar-refractivity contribution >= 4 is 23.2 Å². The van der Waals surface area contributed by atoms with Crippen LogP contribution in [0.4, 0.5) is 14.5 Å². The summed E-state index contributed by atoms with van der Waals surface area (Å²) in [5.74, 6) is 4.85. The molecule has 0 spiro atoms. The number of amides is 1. The fourth-order valence-electron chi connectivity index (χ4n) is 1.33. The van der Waals surface area contributed by atoms with E-state index in [0.717, 1.165) is 0 Å². The van der Waals surface area contributed by atoms with Crippen molar-refractivity contribution in [3.05, 3.63) is 28.8 Å². The van der Waals surface area contributed by atoms with Gasteiger partial charge in [-0.15, -0.1) is 0 Å². The Hall–Kier alpha value is -1.44. The van der Waals surface area contributed by atoms with Crippen molar-refractivity contribution in [2.75, 3.05) is 25.2 Å². The predicted octanol–water partition coefficient (Wildman–Crippen LogP) is 1.64. The third kappa shape index (κ3) is 5.37. The number of carbonyl (C=O) groups is 1. The number of nitrogens with two attached hydrogens (primary N) is 1. The van der Waals surface area contributed by atoms with Gasteiger partial charge in [-0.1, -0.05) is 11.6 Å². The molecule has 4 N–H and O–H groups in total. The summed E-state index contributed by atoms with van der Waals surface area (Å²) < 4.78 is 28.2. The van der Waals surface area contributed by atoms with Gasteiger partial charge in [0.1, 0.15) is 6.61 Å². The van der Waals surface area contributed by atoms with E-state index in [0.29, 0.717) is 10.7 Å². The first-order valence-corrected chi connectivity index (χ1v) is 5.82. The summed E-state index contributed by atoms with van der Waals surface area (Å²) >= 11 is 5.78. The minimum absolute atomic E-state index is 0.00202. The molecule has 1 rings (SSSR count). The number of nitrogens with one attached hydrogen (secondary N) is 2. The first kappa shape index (κ1) is 15.6. The maximum atomic E-state index is 11.8. The van der Waals surface area contributed by atoms with Crippen LogP contribution in [0, 0.1) is 0 Å². The Morgan fingerprint density at radius 3 is 2.84 bits per heavy atom. The largest absolute Gasteiger partial charge is 0.374 e. The van der Waals surface area contributed by atoms with Crippen LogP contribution in [0.15, 0.2) is 18.2 Å². The molecule has 5 nitrogen and oxygen atoms in total. The monoisotopic (exact) mass is 293 g/mol. The number of hydrazine groups is 1. The molecule has 0 saturated carbocycles. The van der Waals surface area contributed by atoms with E-state index < -0.39 is 18.9 Å². The Morgan fingerprint density at radius 2 is 2.21 bits per heavy atom. The van der Waals surface area contributed by atoms with Crippen molar-refractivity contribution < 1.29 is 18.3 Å². The summed E-state index contributed by atoms with van der Waals surface area (Å²) in [6, 6.07) is 4.59. The zero-order chi connectivity index (χ0) is 14.3. The number of rotatable bonds is 7. The molecule has 0 bridgehead atoms. The van der Waals surface area contributed by atoms with E-state index in [4.69, 9.17) is 17.4 Å². The number of nitrogen functional groups attached to an aromatic ring is 1. The molecule has 0 saturated heterocycles. The summed E-state index contributed by atoms with van der Waals surface area (Å²) in [5.41, 5.74) is 3.05. The Kier molecular flexibility index (Phi) is 6.48. The number of hydrogen-bond acceptors (Lipinski definition) is 4. The van der Waals surface area contributed by atoms with E-state index in [1.807, 2.05) is 0 Å². The van der Waals surface area contributed by atoms with Crippen molar-refractivity contribution in [2.45, 2.75) is 6.43 Å². The van der Waals surface area contributed by atoms with Gasteiger partial charge in [-0.3, -0.25) is 10.6 Å². The fourth-order valence-corrected chi connectivity index (χ4v) is 1.51. The topological polar surface area (TPSA) is 76.4 Å². The predicted molar refractivity (Wildman–Crippen MR) is 68.4 cm³/mol. The Balaban J connectivity index is 2.47. The number of anilines is 1. The van der Waals surface area contributed by atoms with Crippen LogP contribution in [-0.2, 0) is 4.74 Å². The maximum absolute atomic E-state index is 11.8. The lowest BCUT2D eigenvalue weighted by atomic mass is 10.1. The van der Waals surface area contributed by atoms with Crippen LogP contribution in [-0.4, -0.2) is 32.1 Å². The van der Waals surface area contributed by atoms with Crippen LogP contribution >= 0.6 is 11.6 Å². The summed E-state index contributed by atoms with van der Waals surface area (Å²) in [4.78, 5) is 11.8. The van der Waals surface area contributed by atoms with Gasteiger partial charge in [-0.2, -0.15) is 0 Å². The van der Waals surface area contributed by atoms with Gasteiger partial charge in [0.25, 0.3) is 12.3 Å². The molecule has 0 heterocycles. The molecule has 106 valence electrons. The van der Waals surface area contributed by atoms with E-state index in [-0.39, 0.29) is 18.7 Å². The number of benzene rings is 1.